The molecule has 2 aromatic carbocycles. The van der Waals surface area contributed by atoms with Crippen molar-refractivity contribution < 1.29 is 14.2 Å². The molecule has 0 radical (unpaired) electrons. The van der Waals surface area contributed by atoms with Crippen LogP contribution < -0.4 is 20.3 Å². The molecule has 0 unspecified atom stereocenters. The summed E-state index contributed by atoms with van der Waals surface area (Å²) >= 11 is 0. The summed E-state index contributed by atoms with van der Waals surface area (Å²) in [5.74, 6) is 1.62. The topological polar surface area (TPSA) is 67.4 Å². The van der Waals surface area contributed by atoms with Gasteiger partial charge in [0.15, 0.2) is 5.96 Å². The number of hydrogen-bond donors (Lipinski definition) is 2. The van der Waals surface area contributed by atoms with Crippen LogP contribution >= 0.6 is 0 Å². The van der Waals surface area contributed by atoms with Crippen molar-refractivity contribution >= 4 is 11.6 Å². The Labute approximate surface area is 185 Å². The van der Waals surface area contributed by atoms with Gasteiger partial charge in [-0.1, -0.05) is 30.3 Å². The van der Waals surface area contributed by atoms with Gasteiger partial charge in [-0.3, -0.25) is 4.99 Å². The van der Waals surface area contributed by atoms with E-state index in [-0.39, 0.29) is 0 Å². The van der Waals surface area contributed by atoms with E-state index in [4.69, 9.17) is 14.2 Å². The molecule has 0 aliphatic carbocycles. The zero-order valence-electron chi connectivity index (χ0n) is 18.8. The standard InChI is InChI=1S/C24H34N4O3/c1-19-8-9-21(23(16-19)31-15-14-29-3)18-27-24(25-2)26-17-20-6-4-5-7-22(20)28-10-12-30-13-11-28/h4-9,16H,10-15,17-18H2,1-3H3,(H2,25,26,27). The molecule has 0 bridgehead atoms. The zero-order chi connectivity index (χ0) is 21.9. The average molecular weight is 427 g/mol. The Bertz CT molecular complexity index is 850. The monoisotopic (exact) mass is 426 g/mol. The molecule has 1 aliphatic rings. The highest BCUT2D eigenvalue weighted by Crippen LogP contribution is 2.22. The van der Waals surface area contributed by atoms with E-state index in [1.165, 1.54) is 16.8 Å². The van der Waals surface area contributed by atoms with Crippen LogP contribution in [-0.4, -0.2) is 59.6 Å². The van der Waals surface area contributed by atoms with Gasteiger partial charge in [0.1, 0.15) is 12.4 Å². The van der Waals surface area contributed by atoms with Crippen LogP contribution in [-0.2, 0) is 22.6 Å². The van der Waals surface area contributed by atoms with Crippen molar-refractivity contribution in [3.63, 3.8) is 0 Å². The molecule has 3 rings (SSSR count). The van der Waals surface area contributed by atoms with Crippen LogP contribution in [0.2, 0.25) is 0 Å². The number of anilines is 1. The molecule has 1 aliphatic heterocycles. The second-order valence-corrected chi connectivity index (χ2v) is 7.46. The molecular weight excluding hydrogens is 392 g/mol. The zero-order valence-corrected chi connectivity index (χ0v) is 18.8. The number of nitrogens with one attached hydrogen (secondary N) is 2. The maximum atomic E-state index is 5.90. The van der Waals surface area contributed by atoms with Crippen molar-refractivity contribution in [1.82, 2.24) is 10.6 Å². The van der Waals surface area contributed by atoms with Crippen LogP contribution in [0.4, 0.5) is 5.69 Å². The fourth-order valence-electron chi connectivity index (χ4n) is 3.53. The Kier molecular flexibility index (Phi) is 8.99. The first-order chi connectivity index (χ1) is 15.2. The van der Waals surface area contributed by atoms with Crippen LogP contribution in [0.25, 0.3) is 0 Å². The van der Waals surface area contributed by atoms with E-state index in [0.29, 0.717) is 26.3 Å². The number of morpholine rings is 1. The van der Waals surface area contributed by atoms with Gasteiger partial charge in [0, 0.05) is 51.6 Å². The number of guanidine groups is 1. The van der Waals surface area contributed by atoms with Crippen molar-refractivity contribution in [3.8, 4) is 5.75 Å². The van der Waals surface area contributed by atoms with Gasteiger partial charge >= 0.3 is 0 Å². The van der Waals surface area contributed by atoms with E-state index >= 15 is 0 Å². The lowest BCUT2D eigenvalue weighted by Gasteiger charge is -2.30. The Morgan fingerprint density at radius 2 is 1.77 bits per heavy atom. The third-order valence-electron chi connectivity index (χ3n) is 5.23. The summed E-state index contributed by atoms with van der Waals surface area (Å²) in [5.41, 5.74) is 4.74. The Morgan fingerprint density at radius 3 is 2.52 bits per heavy atom. The second-order valence-electron chi connectivity index (χ2n) is 7.46. The van der Waals surface area contributed by atoms with Crippen LogP contribution in [0.15, 0.2) is 47.5 Å². The normalized spacial score (nSPS) is 14.4. The summed E-state index contributed by atoms with van der Waals surface area (Å²) in [7, 11) is 3.46. The molecule has 1 saturated heterocycles. The molecule has 2 aromatic rings. The number of aryl methyl sites for hydroxylation is 1. The van der Waals surface area contributed by atoms with Gasteiger partial charge in [-0.2, -0.15) is 0 Å². The molecule has 1 heterocycles. The molecule has 0 aromatic heterocycles. The number of hydrogen-bond acceptors (Lipinski definition) is 5. The van der Waals surface area contributed by atoms with Crippen molar-refractivity contribution in [2.45, 2.75) is 20.0 Å². The maximum Gasteiger partial charge on any atom is 0.191 e. The molecule has 1 fully saturated rings. The highest BCUT2D eigenvalue weighted by atomic mass is 16.5. The summed E-state index contributed by atoms with van der Waals surface area (Å²) in [6.45, 7) is 7.85. The molecule has 168 valence electrons. The number of ether oxygens (including phenoxy) is 3. The third kappa shape index (κ3) is 6.87. The highest BCUT2D eigenvalue weighted by Gasteiger charge is 2.14. The van der Waals surface area contributed by atoms with Crippen molar-refractivity contribution in [2.24, 2.45) is 4.99 Å². The predicted molar refractivity (Wildman–Crippen MR) is 125 cm³/mol. The summed E-state index contributed by atoms with van der Waals surface area (Å²) in [6.07, 6.45) is 0. The molecule has 7 nitrogen and oxygen atoms in total. The van der Waals surface area contributed by atoms with Crippen molar-refractivity contribution in [3.05, 3.63) is 59.2 Å². The highest BCUT2D eigenvalue weighted by molar-refractivity contribution is 5.80. The number of nitrogens with zero attached hydrogens (tertiary/aromatic N) is 2. The average Bonchev–Trinajstić information content (AvgIpc) is 2.81. The summed E-state index contributed by atoms with van der Waals surface area (Å²) in [4.78, 5) is 6.76. The van der Waals surface area contributed by atoms with Gasteiger partial charge in [-0.15, -0.1) is 0 Å². The van der Waals surface area contributed by atoms with Gasteiger partial charge in [0.05, 0.1) is 19.8 Å². The minimum absolute atomic E-state index is 0.526. The summed E-state index contributed by atoms with van der Waals surface area (Å²) in [5, 5.41) is 6.84. The number of benzene rings is 2. The van der Waals surface area contributed by atoms with E-state index in [2.05, 4.69) is 69.9 Å². The largest absolute Gasteiger partial charge is 0.491 e. The van der Waals surface area contributed by atoms with E-state index in [1.807, 2.05) is 0 Å². The lowest BCUT2D eigenvalue weighted by atomic mass is 10.1. The van der Waals surface area contributed by atoms with Crippen LogP contribution in [0.3, 0.4) is 0 Å². The molecule has 0 amide bonds. The number of aliphatic imine (C=N–C) groups is 1. The molecule has 7 heteroatoms. The first kappa shape index (κ1) is 22.9. The SMILES string of the molecule is CN=C(NCc1ccc(C)cc1OCCOC)NCc1ccccc1N1CCOCC1. The van der Waals surface area contributed by atoms with Crippen molar-refractivity contribution in [2.75, 3.05) is 58.6 Å². The quantitative estimate of drug-likeness (QED) is 0.365. The maximum absolute atomic E-state index is 5.90. The van der Waals surface area contributed by atoms with Gasteiger partial charge in [0.2, 0.25) is 0 Å². The minimum Gasteiger partial charge on any atom is -0.491 e. The smallest absolute Gasteiger partial charge is 0.191 e. The summed E-state index contributed by atoms with van der Waals surface area (Å²) < 4.78 is 16.5. The molecular formula is C24H34N4O3. The Balaban J connectivity index is 1.59. The fourth-order valence-corrected chi connectivity index (χ4v) is 3.53. The third-order valence-corrected chi connectivity index (χ3v) is 5.23. The van der Waals surface area contributed by atoms with Crippen molar-refractivity contribution in [1.29, 1.82) is 0 Å². The van der Waals surface area contributed by atoms with Gasteiger partial charge in [0.25, 0.3) is 0 Å². The summed E-state index contributed by atoms with van der Waals surface area (Å²) in [6, 6.07) is 14.7. The van der Waals surface area contributed by atoms with E-state index in [0.717, 1.165) is 43.6 Å². The molecule has 2 N–H and O–H groups in total. The minimum atomic E-state index is 0.526. The predicted octanol–water partition coefficient (Wildman–Crippen LogP) is 2.72. The Hall–Kier alpha value is -2.77. The van der Waals surface area contributed by atoms with E-state index in [9.17, 15) is 0 Å². The van der Waals surface area contributed by atoms with Crippen LogP contribution in [0, 0.1) is 6.92 Å². The second kappa shape index (κ2) is 12.2. The number of rotatable bonds is 9. The first-order valence-electron chi connectivity index (χ1n) is 10.8. The van der Waals surface area contributed by atoms with Gasteiger partial charge in [-0.05, 0) is 30.2 Å². The van der Waals surface area contributed by atoms with E-state index < -0.39 is 0 Å². The van der Waals surface area contributed by atoms with Gasteiger partial charge in [-0.25, -0.2) is 0 Å². The molecule has 0 atom stereocenters. The number of para-hydroxylation sites is 1. The molecule has 0 saturated carbocycles. The lowest BCUT2D eigenvalue weighted by molar-refractivity contribution is 0.122. The molecule has 31 heavy (non-hydrogen) atoms. The van der Waals surface area contributed by atoms with Crippen LogP contribution in [0.1, 0.15) is 16.7 Å². The van der Waals surface area contributed by atoms with E-state index in [1.54, 1.807) is 14.2 Å². The van der Waals surface area contributed by atoms with Gasteiger partial charge < -0.3 is 29.7 Å². The Morgan fingerprint density at radius 1 is 1.03 bits per heavy atom. The van der Waals surface area contributed by atoms with Crippen LogP contribution in [0.5, 0.6) is 5.75 Å². The number of methoxy groups -OCH3 is 1. The lowest BCUT2D eigenvalue weighted by Crippen LogP contribution is -2.39. The first-order valence-corrected chi connectivity index (χ1v) is 10.8. The fraction of sp³-hybridized carbons (Fsp3) is 0.458. The molecule has 0 spiro atoms.